The molecule has 1 atom stereocenters. The SMILES string of the molecule is CC(=O)NC(CC(=O)N1CCN(Cc2nc(-c3cccs3)no2)CC1)c1ccccc1. The summed E-state index contributed by atoms with van der Waals surface area (Å²) in [5.41, 5.74) is 0.933. The molecule has 0 aliphatic carbocycles. The quantitative estimate of drug-likeness (QED) is 0.609. The largest absolute Gasteiger partial charge is 0.349 e. The fraction of sp³-hybridized carbons (Fsp3) is 0.364. The second-order valence-electron chi connectivity index (χ2n) is 7.51. The molecule has 0 radical (unpaired) electrons. The van der Waals surface area contributed by atoms with Gasteiger partial charge in [0.05, 0.1) is 23.9 Å². The summed E-state index contributed by atoms with van der Waals surface area (Å²) in [7, 11) is 0. The molecule has 1 aliphatic rings. The van der Waals surface area contributed by atoms with Crippen molar-refractivity contribution in [3.63, 3.8) is 0 Å². The maximum atomic E-state index is 12.9. The Hall–Kier alpha value is -3.04. The Morgan fingerprint density at radius 1 is 1.13 bits per heavy atom. The van der Waals surface area contributed by atoms with E-state index in [9.17, 15) is 9.59 Å². The summed E-state index contributed by atoms with van der Waals surface area (Å²) < 4.78 is 5.39. The molecule has 31 heavy (non-hydrogen) atoms. The van der Waals surface area contributed by atoms with Gasteiger partial charge in [-0.1, -0.05) is 41.6 Å². The van der Waals surface area contributed by atoms with Crippen LogP contribution in [0.2, 0.25) is 0 Å². The lowest BCUT2D eigenvalue weighted by molar-refractivity contribution is -0.133. The molecule has 1 fully saturated rings. The van der Waals surface area contributed by atoms with Crippen molar-refractivity contribution in [3.8, 4) is 10.7 Å². The molecule has 1 aromatic carbocycles. The standard InChI is InChI=1S/C22H25N5O3S/c1-16(28)23-18(17-6-3-2-4-7-17)14-21(29)27-11-9-26(10-12-27)15-20-24-22(25-30-20)19-8-5-13-31-19/h2-8,13,18H,9-12,14-15H2,1H3,(H,23,28). The van der Waals surface area contributed by atoms with E-state index < -0.39 is 0 Å². The van der Waals surface area contributed by atoms with Crippen molar-refractivity contribution >= 4 is 23.2 Å². The van der Waals surface area contributed by atoms with E-state index >= 15 is 0 Å². The van der Waals surface area contributed by atoms with Crippen molar-refractivity contribution < 1.29 is 14.1 Å². The lowest BCUT2D eigenvalue weighted by atomic mass is 10.0. The fourth-order valence-corrected chi connectivity index (χ4v) is 4.31. The van der Waals surface area contributed by atoms with Crippen LogP contribution in [0.4, 0.5) is 0 Å². The number of thiophene rings is 1. The van der Waals surface area contributed by atoms with Crippen molar-refractivity contribution in [3.05, 3.63) is 59.3 Å². The van der Waals surface area contributed by atoms with Gasteiger partial charge in [0.1, 0.15) is 0 Å². The zero-order valence-corrected chi connectivity index (χ0v) is 18.2. The van der Waals surface area contributed by atoms with E-state index in [1.165, 1.54) is 6.92 Å². The van der Waals surface area contributed by atoms with Crippen LogP contribution in [0, 0.1) is 0 Å². The van der Waals surface area contributed by atoms with Crippen LogP contribution in [-0.2, 0) is 16.1 Å². The summed E-state index contributed by atoms with van der Waals surface area (Å²) in [5.74, 6) is 1.09. The van der Waals surface area contributed by atoms with E-state index in [0.29, 0.717) is 31.3 Å². The van der Waals surface area contributed by atoms with Crippen molar-refractivity contribution in [2.75, 3.05) is 26.2 Å². The number of rotatable bonds is 7. The molecule has 1 unspecified atom stereocenters. The highest BCUT2D eigenvalue weighted by Crippen LogP contribution is 2.22. The van der Waals surface area contributed by atoms with Crippen LogP contribution in [0.25, 0.3) is 10.7 Å². The van der Waals surface area contributed by atoms with Crippen LogP contribution in [0.5, 0.6) is 0 Å². The molecule has 0 bridgehead atoms. The minimum Gasteiger partial charge on any atom is -0.349 e. The molecule has 0 saturated carbocycles. The molecule has 162 valence electrons. The predicted molar refractivity (Wildman–Crippen MR) is 117 cm³/mol. The molecule has 9 heteroatoms. The maximum absolute atomic E-state index is 12.9. The Balaban J connectivity index is 1.29. The van der Waals surface area contributed by atoms with Crippen LogP contribution >= 0.6 is 11.3 Å². The highest BCUT2D eigenvalue weighted by atomic mass is 32.1. The van der Waals surface area contributed by atoms with E-state index in [1.807, 2.05) is 52.7 Å². The van der Waals surface area contributed by atoms with E-state index in [0.717, 1.165) is 23.5 Å². The molecular weight excluding hydrogens is 414 g/mol. The number of hydrogen-bond donors (Lipinski definition) is 1. The van der Waals surface area contributed by atoms with Gasteiger partial charge in [-0.15, -0.1) is 11.3 Å². The number of piperazine rings is 1. The number of carbonyl (C=O) groups is 2. The Morgan fingerprint density at radius 2 is 1.90 bits per heavy atom. The molecule has 8 nitrogen and oxygen atoms in total. The first-order valence-electron chi connectivity index (χ1n) is 10.3. The van der Waals surface area contributed by atoms with Gasteiger partial charge in [-0.3, -0.25) is 14.5 Å². The highest BCUT2D eigenvalue weighted by molar-refractivity contribution is 7.13. The average molecular weight is 440 g/mol. The number of carbonyl (C=O) groups excluding carboxylic acids is 2. The third-order valence-electron chi connectivity index (χ3n) is 5.25. The van der Waals surface area contributed by atoms with Crippen LogP contribution in [0.3, 0.4) is 0 Å². The lowest BCUT2D eigenvalue weighted by Crippen LogP contribution is -2.49. The zero-order chi connectivity index (χ0) is 21.6. The molecule has 1 saturated heterocycles. The van der Waals surface area contributed by atoms with Crippen molar-refractivity contribution in [2.24, 2.45) is 0 Å². The zero-order valence-electron chi connectivity index (χ0n) is 17.4. The number of nitrogens with zero attached hydrogens (tertiary/aromatic N) is 4. The molecule has 2 aromatic heterocycles. The molecule has 0 spiro atoms. The summed E-state index contributed by atoms with van der Waals surface area (Å²) >= 11 is 1.58. The monoisotopic (exact) mass is 439 g/mol. The maximum Gasteiger partial charge on any atom is 0.241 e. The fourth-order valence-electron chi connectivity index (χ4n) is 3.66. The lowest BCUT2D eigenvalue weighted by Gasteiger charge is -2.34. The van der Waals surface area contributed by atoms with Gasteiger partial charge in [0.15, 0.2) is 0 Å². The van der Waals surface area contributed by atoms with Crippen molar-refractivity contribution in [1.29, 1.82) is 0 Å². The van der Waals surface area contributed by atoms with Gasteiger partial charge in [0.2, 0.25) is 23.5 Å². The third kappa shape index (κ3) is 5.56. The second kappa shape index (κ2) is 9.84. The first kappa shape index (κ1) is 21.2. The molecule has 1 N–H and O–H groups in total. The van der Waals surface area contributed by atoms with Crippen LogP contribution in [0.1, 0.15) is 30.8 Å². The van der Waals surface area contributed by atoms with Gasteiger partial charge >= 0.3 is 0 Å². The summed E-state index contributed by atoms with van der Waals surface area (Å²) in [6, 6.07) is 13.2. The Bertz CT molecular complexity index is 997. The molecule has 2 amide bonds. The van der Waals surface area contributed by atoms with E-state index in [-0.39, 0.29) is 24.3 Å². The van der Waals surface area contributed by atoms with Crippen LogP contribution < -0.4 is 5.32 Å². The Kier molecular flexibility index (Phi) is 6.73. The minimum atomic E-state index is -0.321. The first-order valence-corrected chi connectivity index (χ1v) is 11.1. The average Bonchev–Trinajstić information content (AvgIpc) is 3.46. The summed E-state index contributed by atoms with van der Waals surface area (Å²) in [4.78, 5) is 34.0. The Labute approximate surface area is 184 Å². The molecular formula is C22H25N5O3S. The number of benzene rings is 1. The van der Waals surface area contributed by atoms with Gasteiger partial charge < -0.3 is 14.7 Å². The Morgan fingerprint density at radius 3 is 2.58 bits per heavy atom. The first-order chi connectivity index (χ1) is 15.1. The number of amides is 2. The molecule has 3 aromatic rings. The third-order valence-corrected chi connectivity index (χ3v) is 6.12. The van der Waals surface area contributed by atoms with Gasteiger partial charge in [0.25, 0.3) is 0 Å². The number of aromatic nitrogens is 2. The predicted octanol–water partition coefficient (Wildman–Crippen LogP) is 2.71. The summed E-state index contributed by atoms with van der Waals surface area (Å²) in [6.45, 7) is 4.77. The van der Waals surface area contributed by atoms with E-state index in [1.54, 1.807) is 11.3 Å². The van der Waals surface area contributed by atoms with E-state index in [2.05, 4.69) is 20.4 Å². The summed E-state index contributed by atoms with van der Waals surface area (Å²) in [6.07, 6.45) is 0.247. The molecule has 1 aliphatic heterocycles. The molecule has 4 rings (SSSR count). The second-order valence-corrected chi connectivity index (χ2v) is 8.46. The number of nitrogens with one attached hydrogen (secondary N) is 1. The number of hydrogen-bond acceptors (Lipinski definition) is 7. The van der Waals surface area contributed by atoms with Gasteiger partial charge in [0, 0.05) is 33.1 Å². The van der Waals surface area contributed by atoms with Crippen LogP contribution in [-0.4, -0.2) is 57.9 Å². The van der Waals surface area contributed by atoms with Crippen LogP contribution in [0.15, 0.2) is 52.4 Å². The van der Waals surface area contributed by atoms with Gasteiger partial charge in [-0.25, -0.2) is 0 Å². The summed E-state index contributed by atoms with van der Waals surface area (Å²) in [5, 5.41) is 8.93. The highest BCUT2D eigenvalue weighted by Gasteiger charge is 2.25. The topological polar surface area (TPSA) is 91.6 Å². The normalized spacial score (nSPS) is 15.6. The molecule has 3 heterocycles. The minimum absolute atomic E-state index is 0.0417. The van der Waals surface area contributed by atoms with Crippen molar-refractivity contribution in [2.45, 2.75) is 25.9 Å². The van der Waals surface area contributed by atoms with Gasteiger partial charge in [-0.2, -0.15) is 4.98 Å². The van der Waals surface area contributed by atoms with E-state index in [4.69, 9.17) is 4.52 Å². The van der Waals surface area contributed by atoms with Crippen molar-refractivity contribution in [1.82, 2.24) is 25.3 Å². The van der Waals surface area contributed by atoms with Gasteiger partial charge in [-0.05, 0) is 17.0 Å². The smallest absolute Gasteiger partial charge is 0.241 e.